The molecule has 0 aliphatic rings. The molecule has 0 aromatic carbocycles. The summed E-state index contributed by atoms with van der Waals surface area (Å²) in [5.74, 6) is -1.34. The van der Waals surface area contributed by atoms with E-state index < -0.39 is 17.9 Å². The van der Waals surface area contributed by atoms with Crippen molar-refractivity contribution in [1.82, 2.24) is 10.3 Å². The van der Waals surface area contributed by atoms with Crippen LogP contribution in [0.2, 0.25) is 0 Å². The number of hydrogen-bond acceptors (Lipinski definition) is 5. The maximum Gasteiger partial charge on any atom is 0.308 e. The molecular weight excluding hydrogens is 280 g/mol. The summed E-state index contributed by atoms with van der Waals surface area (Å²) in [6, 6.07) is 3.04. The minimum Gasteiger partial charge on any atom is -0.481 e. The highest BCUT2D eigenvalue weighted by molar-refractivity contribution is 7.16. The molecule has 7 heteroatoms. The van der Waals surface area contributed by atoms with Crippen LogP contribution in [0.1, 0.15) is 23.5 Å². The smallest absolute Gasteiger partial charge is 0.308 e. The van der Waals surface area contributed by atoms with Crippen LogP contribution in [0, 0.1) is 5.92 Å². The van der Waals surface area contributed by atoms with Crippen molar-refractivity contribution in [2.24, 2.45) is 5.92 Å². The number of thiazole rings is 1. The molecule has 2 N–H and O–H groups in total. The Hall–Kier alpha value is -2.15. The number of amides is 1. The Labute approximate surface area is 119 Å². The molecule has 0 aliphatic heterocycles. The number of aromatic nitrogens is 1. The van der Waals surface area contributed by atoms with Gasteiger partial charge in [-0.25, -0.2) is 4.98 Å². The molecule has 2 rings (SSSR count). The first-order chi connectivity index (χ1) is 9.49. The molecule has 2 heterocycles. The molecular formula is C13H14N2O4S. The zero-order valence-electron chi connectivity index (χ0n) is 11.0. The van der Waals surface area contributed by atoms with E-state index in [0.717, 1.165) is 0 Å². The molecule has 0 fully saturated rings. The lowest BCUT2D eigenvalue weighted by atomic mass is 10.0. The zero-order valence-corrected chi connectivity index (χ0v) is 11.8. The standard InChI is InChI=1S/C13H14N2O4S/c1-7(13(17)18)8(2)15-11(16)10-6-14-12(20-10)9-4-3-5-19-9/h3-8H,1-2H3,(H,15,16)(H,17,18). The van der Waals surface area contributed by atoms with Crippen LogP contribution in [0.3, 0.4) is 0 Å². The van der Waals surface area contributed by atoms with Gasteiger partial charge < -0.3 is 14.8 Å². The van der Waals surface area contributed by atoms with Gasteiger partial charge in [0.05, 0.1) is 18.4 Å². The van der Waals surface area contributed by atoms with E-state index in [1.54, 1.807) is 26.0 Å². The molecule has 6 nitrogen and oxygen atoms in total. The number of carboxylic acids is 1. The molecule has 0 spiro atoms. The minimum atomic E-state index is -0.946. The first-order valence-electron chi connectivity index (χ1n) is 6.02. The van der Waals surface area contributed by atoms with Crippen LogP contribution in [0.5, 0.6) is 0 Å². The Kier molecular flexibility index (Phi) is 4.19. The summed E-state index contributed by atoms with van der Waals surface area (Å²) in [5.41, 5.74) is 0. The van der Waals surface area contributed by atoms with Gasteiger partial charge in [0.1, 0.15) is 4.88 Å². The normalized spacial score (nSPS) is 13.7. The largest absolute Gasteiger partial charge is 0.481 e. The number of rotatable bonds is 5. The second kappa shape index (κ2) is 5.87. The van der Waals surface area contributed by atoms with Crippen molar-refractivity contribution in [1.29, 1.82) is 0 Å². The van der Waals surface area contributed by atoms with Gasteiger partial charge in [0.2, 0.25) is 0 Å². The third-order valence-electron chi connectivity index (χ3n) is 2.96. The monoisotopic (exact) mass is 294 g/mol. The van der Waals surface area contributed by atoms with Gasteiger partial charge >= 0.3 is 5.97 Å². The van der Waals surface area contributed by atoms with Gasteiger partial charge in [0, 0.05) is 6.04 Å². The summed E-state index contributed by atoms with van der Waals surface area (Å²) in [5, 5.41) is 12.2. The van der Waals surface area contributed by atoms with Crippen molar-refractivity contribution >= 4 is 23.2 Å². The molecule has 0 aliphatic carbocycles. The number of carbonyl (C=O) groups is 2. The van der Waals surface area contributed by atoms with Gasteiger partial charge in [-0.15, -0.1) is 11.3 Å². The second-order valence-corrected chi connectivity index (χ2v) is 5.43. The van der Waals surface area contributed by atoms with Crippen molar-refractivity contribution in [2.75, 3.05) is 0 Å². The highest BCUT2D eigenvalue weighted by Crippen LogP contribution is 2.25. The molecule has 20 heavy (non-hydrogen) atoms. The second-order valence-electron chi connectivity index (χ2n) is 4.40. The maximum atomic E-state index is 12.0. The van der Waals surface area contributed by atoms with Gasteiger partial charge in [-0.05, 0) is 26.0 Å². The van der Waals surface area contributed by atoms with Crippen molar-refractivity contribution in [2.45, 2.75) is 19.9 Å². The number of aliphatic carboxylic acids is 1. The average Bonchev–Trinajstić information content (AvgIpc) is 3.07. The van der Waals surface area contributed by atoms with Crippen LogP contribution >= 0.6 is 11.3 Å². The summed E-state index contributed by atoms with van der Waals surface area (Å²) >= 11 is 1.20. The average molecular weight is 294 g/mol. The van der Waals surface area contributed by atoms with Crippen LogP contribution in [-0.2, 0) is 4.79 Å². The maximum absolute atomic E-state index is 12.0. The lowest BCUT2D eigenvalue weighted by Gasteiger charge is -2.16. The van der Waals surface area contributed by atoms with E-state index in [1.807, 2.05) is 0 Å². The van der Waals surface area contributed by atoms with E-state index in [0.29, 0.717) is 15.6 Å². The van der Waals surface area contributed by atoms with E-state index in [-0.39, 0.29) is 5.91 Å². The molecule has 2 atom stereocenters. The Balaban J connectivity index is 2.05. The summed E-state index contributed by atoms with van der Waals surface area (Å²) in [7, 11) is 0. The molecule has 2 aromatic heterocycles. The molecule has 0 saturated carbocycles. The zero-order chi connectivity index (χ0) is 14.7. The summed E-state index contributed by atoms with van der Waals surface area (Å²) in [6.45, 7) is 3.21. The van der Waals surface area contributed by atoms with Crippen LogP contribution in [-0.4, -0.2) is 28.0 Å². The van der Waals surface area contributed by atoms with E-state index in [4.69, 9.17) is 9.52 Å². The Morgan fingerprint density at radius 1 is 1.45 bits per heavy atom. The number of hydrogen-bond donors (Lipinski definition) is 2. The molecule has 0 saturated heterocycles. The van der Waals surface area contributed by atoms with Gasteiger partial charge in [-0.1, -0.05) is 0 Å². The third-order valence-corrected chi connectivity index (χ3v) is 3.97. The highest BCUT2D eigenvalue weighted by Gasteiger charge is 2.22. The predicted octanol–water partition coefficient (Wildman–Crippen LogP) is 2.24. The summed E-state index contributed by atoms with van der Waals surface area (Å²) < 4.78 is 5.20. The van der Waals surface area contributed by atoms with Gasteiger partial charge in [-0.2, -0.15) is 0 Å². The first-order valence-corrected chi connectivity index (χ1v) is 6.84. The van der Waals surface area contributed by atoms with Crippen molar-refractivity contribution in [3.63, 3.8) is 0 Å². The number of furan rings is 1. The van der Waals surface area contributed by atoms with Gasteiger partial charge in [0.25, 0.3) is 5.91 Å². The number of carboxylic acid groups (broad SMARTS) is 1. The Morgan fingerprint density at radius 3 is 2.80 bits per heavy atom. The van der Waals surface area contributed by atoms with E-state index >= 15 is 0 Å². The van der Waals surface area contributed by atoms with Crippen LogP contribution in [0.4, 0.5) is 0 Å². The molecule has 0 radical (unpaired) electrons. The van der Waals surface area contributed by atoms with Crippen molar-refractivity contribution < 1.29 is 19.1 Å². The quantitative estimate of drug-likeness (QED) is 0.882. The molecule has 2 aromatic rings. The van der Waals surface area contributed by atoms with E-state index in [1.165, 1.54) is 23.8 Å². The first kappa shape index (κ1) is 14.3. The fraction of sp³-hybridized carbons (Fsp3) is 0.308. The minimum absolute atomic E-state index is 0.332. The molecule has 1 amide bonds. The topological polar surface area (TPSA) is 92.4 Å². The summed E-state index contributed by atoms with van der Waals surface area (Å²) in [4.78, 5) is 27.4. The number of nitrogens with one attached hydrogen (secondary N) is 1. The van der Waals surface area contributed by atoms with Gasteiger partial charge in [-0.3, -0.25) is 9.59 Å². The number of nitrogens with zero attached hydrogens (tertiary/aromatic N) is 1. The fourth-order valence-electron chi connectivity index (χ4n) is 1.51. The molecule has 2 unspecified atom stereocenters. The van der Waals surface area contributed by atoms with E-state index in [9.17, 15) is 9.59 Å². The SMILES string of the molecule is CC(NC(=O)c1cnc(-c2ccco2)s1)C(C)C(=O)O. The van der Waals surface area contributed by atoms with Crippen LogP contribution < -0.4 is 5.32 Å². The van der Waals surface area contributed by atoms with Crippen molar-refractivity contribution in [3.05, 3.63) is 29.5 Å². The van der Waals surface area contributed by atoms with E-state index in [2.05, 4.69) is 10.3 Å². The highest BCUT2D eigenvalue weighted by atomic mass is 32.1. The summed E-state index contributed by atoms with van der Waals surface area (Å²) in [6.07, 6.45) is 2.99. The lowest BCUT2D eigenvalue weighted by molar-refractivity contribution is -0.141. The van der Waals surface area contributed by atoms with Gasteiger partial charge in [0.15, 0.2) is 10.8 Å². The Bertz CT molecular complexity index is 606. The predicted molar refractivity (Wildman–Crippen MR) is 73.5 cm³/mol. The Morgan fingerprint density at radius 2 is 2.20 bits per heavy atom. The molecule has 106 valence electrons. The van der Waals surface area contributed by atoms with Crippen LogP contribution in [0.25, 0.3) is 10.8 Å². The fourth-order valence-corrected chi connectivity index (χ4v) is 2.30. The number of carbonyl (C=O) groups excluding carboxylic acids is 1. The van der Waals surface area contributed by atoms with Crippen molar-refractivity contribution in [3.8, 4) is 10.8 Å². The third kappa shape index (κ3) is 3.05. The lowest BCUT2D eigenvalue weighted by Crippen LogP contribution is -2.39. The van der Waals surface area contributed by atoms with Crippen LogP contribution in [0.15, 0.2) is 29.0 Å². The molecule has 0 bridgehead atoms.